The molecule has 0 spiro atoms. The fraction of sp³-hybridized carbons (Fsp3) is 0.333. The van der Waals surface area contributed by atoms with Crippen molar-refractivity contribution in [1.82, 2.24) is 15.0 Å². The van der Waals surface area contributed by atoms with Gasteiger partial charge in [-0.2, -0.15) is 0 Å². The topological polar surface area (TPSA) is 50.9 Å². The van der Waals surface area contributed by atoms with Gasteiger partial charge in [0.25, 0.3) is 0 Å². The summed E-state index contributed by atoms with van der Waals surface area (Å²) in [6.45, 7) is 3.86. The zero-order chi connectivity index (χ0) is 12.4. The molecule has 0 aliphatic carbocycles. The van der Waals surface area contributed by atoms with Crippen LogP contribution >= 0.6 is 11.6 Å². The molecule has 0 aliphatic rings. The molecule has 0 saturated heterocycles. The number of aliphatic hydroxyl groups is 1. The molecule has 0 bridgehead atoms. The number of benzene rings is 1. The highest BCUT2D eigenvalue weighted by Gasteiger charge is 2.12. The third kappa shape index (κ3) is 2.18. The second-order valence-electron chi connectivity index (χ2n) is 3.84. The van der Waals surface area contributed by atoms with Crippen LogP contribution < -0.4 is 0 Å². The van der Waals surface area contributed by atoms with Gasteiger partial charge in [0.15, 0.2) is 0 Å². The van der Waals surface area contributed by atoms with Crippen LogP contribution in [0.4, 0.5) is 0 Å². The molecule has 4 nitrogen and oxygen atoms in total. The van der Waals surface area contributed by atoms with Crippen molar-refractivity contribution in [2.75, 3.05) is 0 Å². The summed E-state index contributed by atoms with van der Waals surface area (Å²) in [5.74, 6) is 0. The molecule has 2 rings (SSSR count). The Balaban J connectivity index is 2.52. The van der Waals surface area contributed by atoms with Gasteiger partial charge in [-0.3, -0.25) is 0 Å². The Hall–Kier alpha value is -1.39. The van der Waals surface area contributed by atoms with Crippen LogP contribution in [0.25, 0.3) is 5.69 Å². The van der Waals surface area contributed by atoms with Crippen LogP contribution in [-0.4, -0.2) is 20.1 Å². The largest absolute Gasteiger partial charge is 0.390 e. The van der Waals surface area contributed by atoms with Crippen LogP contribution in [-0.2, 0) is 13.0 Å². The van der Waals surface area contributed by atoms with Crippen molar-refractivity contribution < 1.29 is 5.11 Å². The summed E-state index contributed by atoms with van der Waals surface area (Å²) in [5.41, 5.74) is 3.41. The first-order valence-electron chi connectivity index (χ1n) is 5.48. The second kappa shape index (κ2) is 4.85. The quantitative estimate of drug-likeness (QED) is 0.911. The van der Waals surface area contributed by atoms with Crippen LogP contribution in [0.5, 0.6) is 0 Å². The first-order chi connectivity index (χ1) is 8.17. The molecule has 0 saturated carbocycles. The number of rotatable bonds is 3. The van der Waals surface area contributed by atoms with Crippen LogP contribution in [0.1, 0.15) is 23.9 Å². The van der Waals surface area contributed by atoms with E-state index in [1.54, 1.807) is 4.68 Å². The molecule has 0 atom stereocenters. The van der Waals surface area contributed by atoms with E-state index >= 15 is 0 Å². The van der Waals surface area contributed by atoms with E-state index in [0.29, 0.717) is 10.7 Å². The number of halogens is 1. The lowest BCUT2D eigenvalue weighted by Gasteiger charge is -2.07. The highest BCUT2D eigenvalue weighted by molar-refractivity contribution is 6.31. The fourth-order valence-electron chi connectivity index (χ4n) is 1.73. The molecule has 0 amide bonds. The van der Waals surface area contributed by atoms with E-state index in [1.165, 1.54) is 0 Å². The maximum Gasteiger partial charge on any atom is 0.112 e. The summed E-state index contributed by atoms with van der Waals surface area (Å²) < 4.78 is 1.72. The third-order valence-corrected chi connectivity index (χ3v) is 3.14. The van der Waals surface area contributed by atoms with Crippen molar-refractivity contribution in [3.63, 3.8) is 0 Å². The Bertz CT molecular complexity index is 537. The molecule has 0 unspecified atom stereocenters. The highest BCUT2D eigenvalue weighted by atomic mass is 35.5. The first kappa shape index (κ1) is 12.1. The minimum absolute atomic E-state index is 0.0945. The normalized spacial score (nSPS) is 10.8. The van der Waals surface area contributed by atoms with Gasteiger partial charge in [-0.05, 0) is 31.0 Å². The lowest BCUT2D eigenvalue weighted by Crippen LogP contribution is -2.03. The minimum atomic E-state index is -0.0945. The van der Waals surface area contributed by atoms with Crippen molar-refractivity contribution in [3.05, 3.63) is 40.2 Å². The van der Waals surface area contributed by atoms with Crippen molar-refractivity contribution in [1.29, 1.82) is 0 Å². The third-order valence-electron chi connectivity index (χ3n) is 2.73. The molecule has 1 heterocycles. The van der Waals surface area contributed by atoms with Gasteiger partial charge in [0.05, 0.1) is 18.0 Å². The maximum absolute atomic E-state index is 9.17. The van der Waals surface area contributed by atoms with Gasteiger partial charge in [-0.1, -0.05) is 29.8 Å². The minimum Gasteiger partial charge on any atom is -0.390 e. The second-order valence-corrected chi connectivity index (χ2v) is 4.25. The number of hydrogen-bond acceptors (Lipinski definition) is 3. The average Bonchev–Trinajstić information content (AvgIpc) is 2.75. The summed E-state index contributed by atoms with van der Waals surface area (Å²) in [4.78, 5) is 0. The molecule has 90 valence electrons. The lowest BCUT2D eigenvalue weighted by atomic mass is 10.2. The van der Waals surface area contributed by atoms with Gasteiger partial charge in [-0.25, -0.2) is 4.68 Å². The molecule has 2 aromatic rings. The SMILES string of the molecule is CCc1c(CO)nnn1-c1ccc(C)c(Cl)c1. The van der Waals surface area contributed by atoms with Gasteiger partial charge in [0.1, 0.15) is 5.69 Å². The van der Waals surface area contributed by atoms with Gasteiger partial charge in [-0.15, -0.1) is 5.10 Å². The summed E-state index contributed by atoms with van der Waals surface area (Å²) in [6.07, 6.45) is 0.758. The van der Waals surface area contributed by atoms with Crippen molar-refractivity contribution in [3.8, 4) is 5.69 Å². The van der Waals surface area contributed by atoms with E-state index in [0.717, 1.165) is 23.4 Å². The Morgan fingerprint density at radius 3 is 2.76 bits per heavy atom. The standard InChI is InChI=1S/C12H14ClN3O/c1-3-12-11(7-17)14-15-16(12)9-5-4-8(2)10(13)6-9/h4-6,17H,3,7H2,1-2H3. The Labute approximate surface area is 105 Å². The van der Waals surface area contributed by atoms with E-state index in [1.807, 2.05) is 32.0 Å². The number of aliphatic hydroxyl groups excluding tert-OH is 1. The predicted molar refractivity (Wildman–Crippen MR) is 66.4 cm³/mol. The maximum atomic E-state index is 9.17. The highest BCUT2D eigenvalue weighted by Crippen LogP contribution is 2.21. The molecule has 17 heavy (non-hydrogen) atoms. The van der Waals surface area contributed by atoms with Crippen LogP contribution in [0, 0.1) is 6.92 Å². The number of hydrogen-bond donors (Lipinski definition) is 1. The van der Waals surface area contributed by atoms with Gasteiger partial charge >= 0.3 is 0 Å². The first-order valence-corrected chi connectivity index (χ1v) is 5.86. The van der Waals surface area contributed by atoms with Gasteiger partial charge in [0, 0.05) is 5.02 Å². The molecule has 1 aromatic heterocycles. The van der Waals surface area contributed by atoms with Crippen LogP contribution in [0.2, 0.25) is 5.02 Å². The Morgan fingerprint density at radius 1 is 1.41 bits per heavy atom. The van der Waals surface area contributed by atoms with Crippen molar-refractivity contribution in [2.24, 2.45) is 0 Å². The van der Waals surface area contributed by atoms with E-state index in [2.05, 4.69) is 10.3 Å². The van der Waals surface area contributed by atoms with Crippen LogP contribution in [0.15, 0.2) is 18.2 Å². The van der Waals surface area contributed by atoms with Crippen LogP contribution in [0.3, 0.4) is 0 Å². The number of aromatic nitrogens is 3. The van der Waals surface area contributed by atoms with Gasteiger partial charge in [0.2, 0.25) is 0 Å². The molecular weight excluding hydrogens is 238 g/mol. The van der Waals surface area contributed by atoms with Crippen molar-refractivity contribution in [2.45, 2.75) is 26.9 Å². The average molecular weight is 252 g/mol. The van der Waals surface area contributed by atoms with E-state index in [-0.39, 0.29) is 6.61 Å². The predicted octanol–water partition coefficient (Wildman–Crippen LogP) is 2.28. The Kier molecular flexibility index (Phi) is 3.45. The molecule has 5 heteroatoms. The number of nitrogens with zero attached hydrogens (tertiary/aromatic N) is 3. The van der Waals surface area contributed by atoms with E-state index in [9.17, 15) is 0 Å². The fourth-order valence-corrected chi connectivity index (χ4v) is 1.91. The molecular formula is C12H14ClN3O. The number of aryl methyl sites for hydroxylation is 1. The summed E-state index contributed by atoms with van der Waals surface area (Å²) in [6, 6.07) is 5.74. The zero-order valence-corrected chi connectivity index (χ0v) is 10.6. The van der Waals surface area contributed by atoms with E-state index in [4.69, 9.17) is 16.7 Å². The lowest BCUT2D eigenvalue weighted by molar-refractivity contribution is 0.275. The monoisotopic (exact) mass is 251 g/mol. The van der Waals surface area contributed by atoms with E-state index < -0.39 is 0 Å². The molecule has 1 N–H and O–H groups in total. The smallest absolute Gasteiger partial charge is 0.112 e. The zero-order valence-electron chi connectivity index (χ0n) is 9.81. The summed E-state index contributed by atoms with van der Waals surface area (Å²) >= 11 is 6.09. The summed E-state index contributed by atoms with van der Waals surface area (Å²) in [7, 11) is 0. The molecule has 0 aliphatic heterocycles. The Morgan fingerprint density at radius 2 is 2.18 bits per heavy atom. The molecule has 0 fully saturated rings. The molecule has 1 aromatic carbocycles. The summed E-state index contributed by atoms with van der Waals surface area (Å²) in [5, 5.41) is 17.9. The molecule has 0 radical (unpaired) electrons. The van der Waals surface area contributed by atoms with Gasteiger partial charge < -0.3 is 5.11 Å². The van der Waals surface area contributed by atoms with Crippen molar-refractivity contribution >= 4 is 11.6 Å².